The highest BCUT2D eigenvalue weighted by Crippen LogP contribution is 2.36. The molecule has 8 nitrogen and oxygen atoms in total. The monoisotopic (exact) mass is 528 g/mol. The molecule has 0 saturated heterocycles. The van der Waals surface area contributed by atoms with Gasteiger partial charge in [0.15, 0.2) is 5.76 Å². The molecule has 3 N–H and O–H groups in total. The van der Waals surface area contributed by atoms with Crippen LogP contribution in [0.15, 0.2) is 83.4 Å². The Hall–Kier alpha value is -4.59. The number of hydrogen-bond donors (Lipinski definition) is 3. The van der Waals surface area contributed by atoms with Crippen molar-refractivity contribution in [3.63, 3.8) is 0 Å². The van der Waals surface area contributed by atoms with Crippen LogP contribution < -0.4 is 5.32 Å². The molecular weight excluding hydrogens is 496 g/mol. The van der Waals surface area contributed by atoms with Gasteiger partial charge < -0.3 is 19.5 Å². The summed E-state index contributed by atoms with van der Waals surface area (Å²) in [5.41, 5.74) is 6.66. The molecule has 1 heterocycles. The normalized spacial score (nSPS) is 13.7. The lowest BCUT2D eigenvalue weighted by atomic mass is 9.95. The van der Waals surface area contributed by atoms with Crippen LogP contribution in [-0.4, -0.2) is 27.6 Å². The number of carbonyl (C=O) groups excluding carboxylic acids is 1. The van der Waals surface area contributed by atoms with E-state index in [1.54, 1.807) is 6.92 Å². The number of carbonyl (C=O) groups is 2. The van der Waals surface area contributed by atoms with E-state index in [1.807, 2.05) is 49.4 Å². The maximum Gasteiger partial charge on any atom is 0.503 e. The van der Waals surface area contributed by atoms with Gasteiger partial charge in [-0.3, -0.25) is 5.32 Å². The summed E-state index contributed by atoms with van der Waals surface area (Å²) in [4.78, 5) is 21.1. The summed E-state index contributed by atoms with van der Waals surface area (Å²) < 4.78 is 11.0. The van der Waals surface area contributed by atoms with Crippen molar-refractivity contribution in [2.45, 2.75) is 51.6 Å². The summed E-state index contributed by atoms with van der Waals surface area (Å²) in [6, 6.07) is 26.7. The quantitative estimate of drug-likeness (QED) is 0.229. The summed E-state index contributed by atoms with van der Waals surface area (Å²) in [6.45, 7) is 3.61. The number of nitrogens with one attached hydrogen (secondary N) is 1. The molecule has 0 radical (unpaired) electrons. The van der Waals surface area contributed by atoms with Crippen LogP contribution in [0.25, 0.3) is 22.4 Å². The van der Waals surface area contributed by atoms with Crippen LogP contribution in [0.5, 0.6) is 0 Å². The first-order valence-corrected chi connectivity index (χ1v) is 12.9. The van der Waals surface area contributed by atoms with E-state index in [1.165, 1.54) is 36.8 Å². The summed E-state index contributed by atoms with van der Waals surface area (Å²) in [5, 5.41) is 21.0. The zero-order valence-electron chi connectivity index (χ0n) is 22.0. The average molecular weight is 529 g/mol. The molecule has 0 bridgehead atoms. The van der Waals surface area contributed by atoms with Crippen molar-refractivity contribution in [1.29, 1.82) is 0 Å². The van der Waals surface area contributed by atoms with Gasteiger partial charge in [0.05, 0.1) is 0 Å². The van der Waals surface area contributed by atoms with Crippen molar-refractivity contribution in [1.82, 2.24) is 5.16 Å². The molecule has 39 heavy (non-hydrogen) atoms. The highest BCUT2D eigenvalue weighted by Gasteiger charge is 2.20. The van der Waals surface area contributed by atoms with Gasteiger partial charge in [-0.25, -0.2) is 9.59 Å². The van der Waals surface area contributed by atoms with Crippen molar-refractivity contribution >= 4 is 17.9 Å². The van der Waals surface area contributed by atoms with E-state index in [0.717, 1.165) is 22.6 Å². The minimum Gasteiger partial charge on any atom is -0.450 e. The van der Waals surface area contributed by atoms with E-state index in [2.05, 4.69) is 46.9 Å². The minimum absolute atomic E-state index is 0.376. The first kappa shape index (κ1) is 27.4. The van der Waals surface area contributed by atoms with Gasteiger partial charge >= 0.3 is 12.2 Å². The second-order valence-electron chi connectivity index (χ2n) is 9.51. The fourth-order valence-corrected chi connectivity index (χ4v) is 4.83. The zero-order valence-corrected chi connectivity index (χ0v) is 22.0. The van der Waals surface area contributed by atoms with E-state index in [0.29, 0.717) is 17.1 Å². The molecule has 1 saturated carbocycles. The van der Waals surface area contributed by atoms with Crippen molar-refractivity contribution in [2.75, 3.05) is 5.32 Å². The molecule has 1 aliphatic carbocycles. The molecular formula is C31H32N2O6. The molecule has 1 fully saturated rings. The van der Waals surface area contributed by atoms with Gasteiger partial charge in [-0.1, -0.05) is 96.9 Å². The topological polar surface area (TPSA) is 122 Å². The SMILES string of the molecule is Cc1onc(-c2ccc(-c3ccc(C4CCCC4)cc3)cc2)c1NC(=O)O[C@H](C)c1ccccc1.O=C(O)O. The maximum atomic E-state index is 12.6. The molecule has 5 rings (SSSR count). The van der Waals surface area contributed by atoms with Gasteiger partial charge in [-0.2, -0.15) is 0 Å². The molecule has 1 aliphatic rings. The minimum atomic E-state index is -1.83. The van der Waals surface area contributed by atoms with E-state index in [9.17, 15) is 4.79 Å². The van der Waals surface area contributed by atoms with Gasteiger partial charge in [0, 0.05) is 5.56 Å². The standard InChI is InChI=1S/C30H30N2O3.CH2O3/c1-20(22-8-4-3-5-9-22)34-30(33)31-28-21(2)35-32-29(28)27-18-16-26(17-19-27)25-14-12-24(13-15-25)23-10-6-7-11-23;2-1(3)4/h3-5,8-9,12-20,23H,6-7,10-11H2,1-2H3,(H,31,33);(H2,2,3,4)/t20-;/m1./s1. The lowest BCUT2D eigenvalue weighted by molar-refractivity contribution is 0.121. The number of benzene rings is 3. The molecule has 4 aromatic rings. The van der Waals surface area contributed by atoms with Crippen molar-refractivity contribution in [3.05, 3.63) is 95.7 Å². The third-order valence-corrected chi connectivity index (χ3v) is 6.87. The number of hydrogen-bond acceptors (Lipinski definition) is 5. The van der Waals surface area contributed by atoms with Gasteiger partial charge in [-0.15, -0.1) is 0 Å². The molecule has 202 valence electrons. The summed E-state index contributed by atoms with van der Waals surface area (Å²) in [6.07, 6.45) is 2.54. The zero-order chi connectivity index (χ0) is 27.8. The third kappa shape index (κ3) is 7.25. The Balaban J connectivity index is 0.000000826. The molecule has 3 aromatic carbocycles. The number of amides is 1. The lowest BCUT2D eigenvalue weighted by Gasteiger charge is -2.14. The van der Waals surface area contributed by atoms with E-state index in [-0.39, 0.29) is 6.10 Å². The lowest BCUT2D eigenvalue weighted by Crippen LogP contribution is -2.16. The molecule has 1 aromatic heterocycles. The number of rotatable bonds is 6. The predicted octanol–water partition coefficient (Wildman–Crippen LogP) is 8.51. The molecule has 0 aliphatic heterocycles. The van der Waals surface area contributed by atoms with Crippen LogP contribution in [0.2, 0.25) is 0 Å². The number of aromatic nitrogens is 1. The molecule has 0 unspecified atom stereocenters. The van der Waals surface area contributed by atoms with E-state index < -0.39 is 12.2 Å². The Bertz CT molecular complexity index is 1370. The van der Waals surface area contributed by atoms with Gasteiger partial charge in [0.25, 0.3) is 0 Å². The number of anilines is 1. The maximum absolute atomic E-state index is 12.6. The Morgan fingerprint density at radius 2 is 1.44 bits per heavy atom. The molecule has 1 atom stereocenters. The Morgan fingerprint density at radius 1 is 0.897 bits per heavy atom. The number of carboxylic acid groups (broad SMARTS) is 2. The van der Waals surface area contributed by atoms with Crippen LogP contribution in [0.4, 0.5) is 15.3 Å². The van der Waals surface area contributed by atoms with Crippen LogP contribution in [0.1, 0.15) is 61.5 Å². The number of aryl methyl sites for hydroxylation is 1. The molecule has 8 heteroatoms. The van der Waals surface area contributed by atoms with Crippen LogP contribution in [0, 0.1) is 6.92 Å². The average Bonchev–Trinajstić information content (AvgIpc) is 3.60. The second kappa shape index (κ2) is 12.8. The van der Waals surface area contributed by atoms with Crippen LogP contribution >= 0.6 is 0 Å². The van der Waals surface area contributed by atoms with E-state index in [4.69, 9.17) is 24.3 Å². The third-order valence-electron chi connectivity index (χ3n) is 6.87. The molecule has 1 amide bonds. The Morgan fingerprint density at radius 3 is 2.03 bits per heavy atom. The number of ether oxygens (including phenoxy) is 1. The number of nitrogens with zero attached hydrogens (tertiary/aromatic N) is 1. The van der Waals surface area contributed by atoms with Crippen molar-refractivity contribution in [2.24, 2.45) is 0 Å². The van der Waals surface area contributed by atoms with Gasteiger partial charge in [0.1, 0.15) is 17.5 Å². The largest absolute Gasteiger partial charge is 0.503 e. The van der Waals surface area contributed by atoms with Crippen LogP contribution in [0.3, 0.4) is 0 Å². The first-order valence-electron chi connectivity index (χ1n) is 12.9. The summed E-state index contributed by atoms with van der Waals surface area (Å²) >= 11 is 0. The van der Waals surface area contributed by atoms with Crippen molar-refractivity contribution in [3.8, 4) is 22.4 Å². The van der Waals surface area contributed by atoms with Gasteiger partial charge in [0.2, 0.25) is 0 Å². The highest BCUT2D eigenvalue weighted by atomic mass is 16.6. The predicted molar refractivity (Wildman–Crippen MR) is 149 cm³/mol. The highest BCUT2D eigenvalue weighted by molar-refractivity contribution is 5.91. The fourth-order valence-electron chi connectivity index (χ4n) is 4.83. The summed E-state index contributed by atoms with van der Waals surface area (Å²) in [7, 11) is 0. The van der Waals surface area contributed by atoms with E-state index >= 15 is 0 Å². The Kier molecular flexibility index (Phi) is 8.99. The second-order valence-corrected chi connectivity index (χ2v) is 9.51. The van der Waals surface area contributed by atoms with Crippen molar-refractivity contribution < 1.29 is 29.1 Å². The summed E-state index contributed by atoms with van der Waals surface area (Å²) in [5.74, 6) is 1.24. The van der Waals surface area contributed by atoms with Gasteiger partial charge in [-0.05, 0) is 54.9 Å². The van der Waals surface area contributed by atoms with Crippen LogP contribution in [-0.2, 0) is 4.74 Å². The molecule has 0 spiro atoms. The smallest absolute Gasteiger partial charge is 0.450 e. The fraction of sp³-hybridized carbons (Fsp3) is 0.258. The first-order chi connectivity index (χ1) is 18.8. The Labute approximate surface area is 227 Å².